The van der Waals surface area contributed by atoms with Crippen molar-refractivity contribution in [2.24, 2.45) is 11.8 Å². The first-order valence-electron chi connectivity index (χ1n) is 6.48. The Morgan fingerprint density at radius 2 is 2.00 bits per heavy atom. The summed E-state index contributed by atoms with van der Waals surface area (Å²) in [6.45, 7) is 2.57. The zero-order valence-electron chi connectivity index (χ0n) is 11.0. The Kier molecular flexibility index (Phi) is 4.23. The molecule has 1 aliphatic carbocycles. The summed E-state index contributed by atoms with van der Waals surface area (Å²) in [7, 11) is -3.43. The molecule has 4 nitrogen and oxygen atoms in total. The summed E-state index contributed by atoms with van der Waals surface area (Å²) in [5.74, 6) is 1.08. The van der Waals surface area contributed by atoms with Crippen molar-refractivity contribution < 1.29 is 8.42 Å². The minimum absolute atomic E-state index is 0.261. The molecule has 1 aromatic rings. The number of hydrogen-bond acceptors (Lipinski definition) is 3. The van der Waals surface area contributed by atoms with Crippen LogP contribution in [0, 0.1) is 23.2 Å². The maximum Gasteiger partial charge on any atom is 0.240 e. The van der Waals surface area contributed by atoms with Gasteiger partial charge in [0, 0.05) is 6.54 Å². The van der Waals surface area contributed by atoms with Crippen molar-refractivity contribution in [1.29, 1.82) is 5.26 Å². The lowest BCUT2D eigenvalue weighted by Crippen LogP contribution is -2.29. The Labute approximate surface area is 114 Å². The highest BCUT2D eigenvalue weighted by Crippen LogP contribution is 2.36. The third-order valence-corrected chi connectivity index (χ3v) is 4.98. The van der Waals surface area contributed by atoms with Gasteiger partial charge in [-0.1, -0.05) is 19.1 Å². The molecule has 0 saturated heterocycles. The largest absolute Gasteiger partial charge is 0.240 e. The van der Waals surface area contributed by atoms with Crippen LogP contribution in [0.25, 0.3) is 0 Å². The van der Waals surface area contributed by atoms with E-state index in [1.165, 1.54) is 12.8 Å². The monoisotopic (exact) mass is 278 g/mol. The van der Waals surface area contributed by atoms with Crippen molar-refractivity contribution in [2.75, 3.05) is 6.54 Å². The molecule has 102 valence electrons. The highest BCUT2D eigenvalue weighted by Gasteiger charge is 2.28. The molecule has 19 heavy (non-hydrogen) atoms. The van der Waals surface area contributed by atoms with E-state index < -0.39 is 10.0 Å². The lowest BCUT2D eigenvalue weighted by molar-refractivity contribution is 0.492. The van der Waals surface area contributed by atoms with Gasteiger partial charge in [-0.15, -0.1) is 0 Å². The number of rotatable bonds is 6. The molecule has 2 rings (SSSR count). The van der Waals surface area contributed by atoms with E-state index in [4.69, 9.17) is 5.26 Å². The molecule has 5 heteroatoms. The summed E-state index contributed by atoms with van der Waals surface area (Å²) in [5.41, 5.74) is 0.827. The molecule has 0 aromatic heterocycles. The molecule has 0 bridgehead atoms. The molecule has 0 spiro atoms. The fraction of sp³-hybridized carbons (Fsp3) is 0.500. The van der Waals surface area contributed by atoms with E-state index in [1.807, 2.05) is 6.07 Å². The van der Waals surface area contributed by atoms with E-state index in [9.17, 15) is 8.42 Å². The molecule has 1 aliphatic rings. The van der Waals surface area contributed by atoms with Crippen molar-refractivity contribution in [1.82, 2.24) is 4.72 Å². The van der Waals surface area contributed by atoms with Crippen molar-refractivity contribution >= 4 is 10.0 Å². The van der Waals surface area contributed by atoms with Gasteiger partial charge in [-0.2, -0.15) is 5.26 Å². The van der Waals surface area contributed by atoms with E-state index in [2.05, 4.69) is 11.6 Å². The number of sulfonamides is 1. The molecule has 0 radical (unpaired) electrons. The second kappa shape index (κ2) is 5.72. The highest BCUT2D eigenvalue weighted by molar-refractivity contribution is 7.89. The van der Waals surface area contributed by atoms with Crippen LogP contribution in [0.4, 0.5) is 0 Å². The Bertz CT molecular complexity index is 568. The van der Waals surface area contributed by atoms with Gasteiger partial charge in [0.1, 0.15) is 0 Å². The van der Waals surface area contributed by atoms with Gasteiger partial charge >= 0.3 is 0 Å². The van der Waals surface area contributed by atoms with Crippen LogP contribution in [0.2, 0.25) is 0 Å². The highest BCUT2D eigenvalue weighted by atomic mass is 32.2. The number of nitriles is 1. The van der Waals surface area contributed by atoms with E-state index in [0.717, 1.165) is 5.56 Å². The minimum atomic E-state index is -3.43. The number of nitrogens with zero attached hydrogens (tertiary/aromatic N) is 1. The van der Waals surface area contributed by atoms with Crippen LogP contribution in [0.1, 0.15) is 25.3 Å². The summed E-state index contributed by atoms with van der Waals surface area (Å²) >= 11 is 0. The Hall–Kier alpha value is -1.38. The molecule has 1 N–H and O–H groups in total. The average molecular weight is 278 g/mol. The van der Waals surface area contributed by atoms with E-state index >= 15 is 0 Å². The summed E-state index contributed by atoms with van der Waals surface area (Å²) in [6, 6.07) is 8.51. The van der Waals surface area contributed by atoms with Gasteiger partial charge in [0.15, 0.2) is 0 Å². The number of nitrogens with one attached hydrogen (secondary N) is 1. The van der Waals surface area contributed by atoms with Crippen molar-refractivity contribution in [3.63, 3.8) is 0 Å². The number of benzene rings is 1. The molecule has 0 aliphatic heterocycles. The van der Waals surface area contributed by atoms with E-state index in [-0.39, 0.29) is 4.90 Å². The van der Waals surface area contributed by atoms with Gasteiger partial charge in [-0.3, -0.25) is 0 Å². The van der Waals surface area contributed by atoms with Gasteiger partial charge in [0.25, 0.3) is 0 Å². The summed E-state index contributed by atoms with van der Waals surface area (Å²) in [5, 5.41) is 8.57. The van der Waals surface area contributed by atoms with Gasteiger partial charge in [0.05, 0.1) is 17.4 Å². The fourth-order valence-corrected chi connectivity index (χ4v) is 3.18. The Morgan fingerprint density at radius 3 is 2.53 bits per heavy atom. The quantitative estimate of drug-likeness (QED) is 0.866. The zero-order chi connectivity index (χ0) is 13.9. The predicted molar refractivity (Wildman–Crippen MR) is 72.8 cm³/mol. The third-order valence-electron chi connectivity index (χ3n) is 3.54. The molecule has 1 aromatic carbocycles. The average Bonchev–Trinajstić information content (AvgIpc) is 3.21. The summed E-state index contributed by atoms with van der Waals surface area (Å²) < 4.78 is 26.8. The third kappa shape index (κ3) is 3.79. The van der Waals surface area contributed by atoms with E-state index in [1.54, 1.807) is 24.3 Å². The van der Waals surface area contributed by atoms with E-state index in [0.29, 0.717) is 24.8 Å². The molecule has 1 saturated carbocycles. The van der Waals surface area contributed by atoms with Crippen LogP contribution in [-0.4, -0.2) is 15.0 Å². The van der Waals surface area contributed by atoms with Crippen molar-refractivity contribution in [3.05, 3.63) is 29.8 Å². The summed E-state index contributed by atoms with van der Waals surface area (Å²) in [4.78, 5) is 0.261. The molecule has 1 atom stereocenters. The van der Waals surface area contributed by atoms with Crippen LogP contribution in [0.5, 0.6) is 0 Å². The van der Waals surface area contributed by atoms with Crippen LogP contribution in [0.15, 0.2) is 29.2 Å². The maximum absolute atomic E-state index is 12.1. The van der Waals surface area contributed by atoms with Crippen LogP contribution in [-0.2, 0) is 16.4 Å². The SMILES string of the molecule is CC(CNS(=O)(=O)c1ccc(CC#N)cc1)C1CC1. The molecule has 0 amide bonds. The molecule has 0 heterocycles. The minimum Gasteiger partial charge on any atom is -0.211 e. The van der Waals surface area contributed by atoms with Gasteiger partial charge in [-0.05, 0) is 42.4 Å². The zero-order valence-corrected chi connectivity index (χ0v) is 11.8. The first-order valence-corrected chi connectivity index (χ1v) is 7.97. The van der Waals surface area contributed by atoms with Crippen molar-refractivity contribution in [3.8, 4) is 6.07 Å². The van der Waals surface area contributed by atoms with Crippen LogP contribution >= 0.6 is 0 Å². The predicted octanol–water partition coefficient (Wildman–Crippen LogP) is 2.08. The molecule has 1 fully saturated rings. The molecular weight excluding hydrogens is 260 g/mol. The second-order valence-electron chi connectivity index (χ2n) is 5.15. The second-order valence-corrected chi connectivity index (χ2v) is 6.91. The fourth-order valence-electron chi connectivity index (χ4n) is 2.03. The Morgan fingerprint density at radius 1 is 1.37 bits per heavy atom. The van der Waals surface area contributed by atoms with Crippen LogP contribution in [0.3, 0.4) is 0 Å². The molecular formula is C14H18N2O2S. The maximum atomic E-state index is 12.1. The van der Waals surface area contributed by atoms with Gasteiger partial charge in [0.2, 0.25) is 10.0 Å². The first-order chi connectivity index (χ1) is 9.03. The van der Waals surface area contributed by atoms with Crippen LogP contribution < -0.4 is 4.72 Å². The summed E-state index contributed by atoms with van der Waals surface area (Å²) in [6.07, 6.45) is 2.73. The van der Waals surface area contributed by atoms with Crippen molar-refractivity contribution in [2.45, 2.75) is 31.1 Å². The topological polar surface area (TPSA) is 70.0 Å². The lowest BCUT2D eigenvalue weighted by Gasteiger charge is -2.12. The Balaban J connectivity index is 2.00. The molecule has 1 unspecified atom stereocenters. The normalized spacial score (nSPS) is 16.8. The van der Waals surface area contributed by atoms with Gasteiger partial charge < -0.3 is 0 Å². The first kappa shape index (κ1) is 14.0. The lowest BCUT2D eigenvalue weighted by atomic mass is 10.1. The standard InChI is InChI=1S/C14H18N2O2S/c1-11(13-4-5-13)10-16-19(17,18)14-6-2-12(3-7-14)8-9-15/h2-3,6-7,11,13,16H,4-5,8,10H2,1H3. The smallest absolute Gasteiger partial charge is 0.211 e. The van der Waals surface area contributed by atoms with Gasteiger partial charge in [-0.25, -0.2) is 13.1 Å². The number of hydrogen-bond donors (Lipinski definition) is 1.